The summed E-state index contributed by atoms with van der Waals surface area (Å²) in [6, 6.07) is 11.1. The van der Waals surface area contributed by atoms with Crippen molar-refractivity contribution in [3.8, 4) is 5.88 Å². The van der Waals surface area contributed by atoms with Gasteiger partial charge in [0.15, 0.2) is 0 Å². The van der Waals surface area contributed by atoms with Gasteiger partial charge in [0.1, 0.15) is 5.65 Å². The van der Waals surface area contributed by atoms with E-state index in [1.165, 1.54) is 18.2 Å². The first-order chi connectivity index (χ1) is 17.8. The summed E-state index contributed by atoms with van der Waals surface area (Å²) in [4.78, 5) is 46.7. The lowest BCUT2D eigenvalue weighted by Gasteiger charge is -2.37. The fourth-order valence-electron chi connectivity index (χ4n) is 3.97. The SMILES string of the molecule is O=P([O-])([O-])O.O=c1ccc2ccc(OCCCCN3CCN(c4cccc(Cl)c4C(F)(F)F)CC3)nc2[nH]1. The third-order valence-corrected chi connectivity index (χ3v) is 5.98. The van der Waals surface area contributed by atoms with Crippen LogP contribution < -0.4 is 25.0 Å². The van der Waals surface area contributed by atoms with Crippen molar-refractivity contribution in [3.05, 3.63) is 63.4 Å². The van der Waals surface area contributed by atoms with E-state index >= 15 is 0 Å². The molecule has 1 aliphatic rings. The molecule has 4 rings (SSSR count). The molecule has 1 fully saturated rings. The van der Waals surface area contributed by atoms with Crippen molar-refractivity contribution in [2.45, 2.75) is 19.0 Å². The molecule has 0 aliphatic carbocycles. The number of anilines is 1. The molecule has 2 N–H and O–H groups in total. The Hall–Kier alpha value is -2.67. The molecule has 2 aromatic heterocycles. The number of aromatic nitrogens is 2. The molecule has 3 aromatic rings. The molecule has 0 spiro atoms. The fourth-order valence-corrected chi connectivity index (χ4v) is 4.25. The highest BCUT2D eigenvalue weighted by Crippen LogP contribution is 2.41. The molecule has 0 bridgehead atoms. The minimum Gasteiger partial charge on any atom is -0.790 e. The van der Waals surface area contributed by atoms with Crippen molar-refractivity contribution in [2.75, 3.05) is 44.2 Å². The molecule has 3 heterocycles. The smallest absolute Gasteiger partial charge is 0.419 e. The number of ether oxygens (including phenoxy) is 1. The Morgan fingerprint density at radius 3 is 2.39 bits per heavy atom. The Morgan fingerprint density at radius 2 is 1.74 bits per heavy atom. The number of hydrogen-bond acceptors (Lipinski definition) is 8. The zero-order valence-corrected chi connectivity index (χ0v) is 21.6. The van der Waals surface area contributed by atoms with E-state index in [9.17, 15) is 18.0 Å². The molecule has 0 unspecified atom stereocenters. The summed E-state index contributed by atoms with van der Waals surface area (Å²) >= 11 is 5.85. The van der Waals surface area contributed by atoms with Crippen LogP contribution in [0.3, 0.4) is 0 Å². The van der Waals surface area contributed by atoms with Gasteiger partial charge < -0.3 is 33.9 Å². The van der Waals surface area contributed by atoms with E-state index in [0.29, 0.717) is 44.3 Å². The van der Waals surface area contributed by atoms with Crippen molar-refractivity contribution in [3.63, 3.8) is 0 Å². The topological polar surface area (TPSA) is 145 Å². The van der Waals surface area contributed by atoms with Crippen LogP contribution in [0.5, 0.6) is 5.88 Å². The maximum atomic E-state index is 13.4. The van der Waals surface area contributed by atoms with Gasteiger partial charge in [0.2, 0.25) is 11.4 Å². The molecule has 1 saturated heterocycles. The van der Waals surface area contributed by atoms with Gasteiger partial charge in [-0.1, -0.05) is 17.7 Å². The Morgan fingerprint density at radius 1 is 1.08 bits per heavy atom. The van der Waals surface area contributed by atoms with Crippen molar-refractivity contribution >= 4 is 36.1 Å². The normalized spacial score (nSPS) is 14.8. The van der Waals surface area contributed by atoms with E-state index in [0.717, 1.165) is 24.8 Å². The molecule has 15 heteroatoms. The third-order valence-electron chi connectivity index (χ3n) is 5.66. The first-order valence-electron chi connectivity index (χ1n) is 11.5. The van der Waals surface area contributed by atoms with Crippen LogP contribution in [0.25, 0.3) is 11.0 Å². The number of fused-ring (bicyclic) bond motifs is 1. The molecule has 1 aliphatic heterocycles. The number of unbranched alkanes of at least 4 members (excludes halogenated alkanes) is 1. The summed E-state index contributed by atoms with van der Waals surface area (Å²) in [7, 11) is -5.14. The van der Waals surface area contributed by atoms with Crippen LogP contribution in [0, 0.1) is 0 Å². The first-order valence-corrected chi connectivity index (χ1v) is 13.4. The predicted molar refractivity (Wildman–Crippen MR) is 132 cm³/mol. The lowest BCUT2D eigenvalue weighted by atomic mass is 10.1. The molecule has 1 aromatic carbocycles. The highest BCUT2D eigenvalue weighted by atomic mass is 35.5. The van der Waals surface area contributed by atoms with Gasteiger partial charge in [0.05, 0.1) is 30.7 Å². The first kappa shape index (κ1) is 29.9. The molecule has 0 radical (unpaired) electrons. The van der Waals surface area contributed by atoms with Crippen LogP contribution >= 0.6 is 19.4 Å². The largest absolute Gasteiger partial charge is 0.790 e. The average molecular weight is 577 g/mol. The van der Waals surface area contributed by atoms with Crippen LogP contribution in [0.15, 0.2) is 47.3 Å². The predicted octanol–water partition coefficient (Wildman–Crippen LogP) is 2.38. The van der Waals surface area contributed by atoms with Crippen LogP contribution in [-0.2, 0) is 10.7 Å². The van der Waals surface area contributed by atoms with Crippen LogP contribution in [-0.4, -0.2) is 59.1 Å². The lowest BCUT2D eigenvalue weighted by molar-refractivity contribution is -0.337. The van der Waals surface area contributed by atoms with Gasteiger partial charge in [-0.2, -0.15) is 18.2 Å². The van der Waals surface area contributed by atoms with Crippen LogP contribution in [0.2, 0.25) is 5.02 Å². The quantitative estimate of drug-likeness (QED) is 0.320. The number of halogens is 4. The summed E-state index contributed by atoms with van der Waals surface area (Å²) in [5.74, 6) is 0.458. The van der Waals surface area contributed by atoms with Crippen LogP contribution in [0.1, 0.15) is 18.4 Å². The van der Waals surface area contributed by atoms with Gasteiger partial charge in [-0.25, -0.2) is 0 Å². The molecule has 208 valence electrons. The maximum Gasteiger partial charge on any atom is 0.419 e. The van der Waals surface area contributed by atoms with Gasteiger partial charge in [-0.05, 0) is 43.7 Å². The minimum absolute atomic E-state index is 0.146. The second kappa shape index (κ2) is 12.9. The number of rotatable bonds is 7. The molecular weight excluding hydrogens is 552 g/mol. The number of nitrogens with one attached hydrogen (secondary N) is 1. The van der Waals surface area contributed by atoms with Gasteiger partial charge in [-0.15, -0.1) is 0 Å². The van der Waals surface area contributed by atoms with E-state index in [1.807, 2.05) is 6.07 Å². The van der Waals surface area contributed by atoms with Crippen molar-refractivity contribution in [2.24, 2.45) is 0 Å². The Kier molecular flexibility index (Phi) is 10.2. The standard InChI is InChI=1S/C23H24ClF3N4O2.H3O4P/c24-17-4-3-5-18(21(17)23(25,26)27)31-13-11-30(12-14-31)10-1-2-15-33-20-9-7-16-6-8-19(32)28-22(16)29-20;1-5(2,3)4/h3-9H,1-2,10-15H2,(H,28,29,32);(H3,1,2,3,4)/p-2. The number of pyridine rings is 2. The monoisotopic (exact) mass is 576 g/mol. The Labute approximate surface area is 220 Å². The number of H-pyrrole nitrogens is 1. The number of benzene rings is 1. The van der Waals surface area contributed by atoms with E-state index < -0.39 is 19.6 Å². The highest BCUT2D eigenvalue weighted by Gasteiger charge is 2.37. The number of hydrogen-bond donors (Lipinski definition) is 2. The van der Waals surface area contributed by atoms with Gasteiger partial charge in [-0.3, -0.25) is 9.69 Å². The van der Waals surface area contributed by atoms with Gasteiger partial charge in [0.25, 0.3) is 0 Å². The Balaban J connectivity index is 0.000000732. The number of nitrogens with zero attached hydrogens (tertiary/aromatic N) is 3. The molecule has 0 saturated carbocycles. The zero-order valence-electron chi connectivity index (χ0n) is 20.0. The van der Waals surface area contributed by atoms with Crippen molar-refractivity contribution < 1.29 is 37.2 Å². The van der Waals surface area contributed by atoms with Crippen LogP contribution in [0.4, 0.5) is 18.9 Å². The molecular formula is C23H25ClF3N4O6P-2. The summed E-state index contributed by atoms with van der Waals surface area (Å²) in [5.41, 5.74) is -0.334. The summed E-state index contributed by atoms with van der Waals surface area (Å²) in [5, 5.41) is 0.566. The minimum atomic E-state index is -5.14. The second-order valence-electron chi connectivity index (χ2n) is 8.39. The van der Waals surface area contributed by atoms with Crippen molar-refractivity contribution in [1.29, 1.82) is 0 Å². The van der Waals surface area contributed by atoms with Gasteiger partial charge in [0, 0.05) is 43.7 Å². The maximum absolute atomic E-state index is 13.4. The van der Waals surface area contributed by atoms with E-state index in [2.05, 4.69) is 14.9 Å². The molecule has 10 nitrogen and oxygen atoms in total. The summed E-state index contributed by atoms with van der Waals surface area (Å²) in [6.07, 6.45) is -2.77. The van der Waals surface area contributed by atoms with E-state index in [-0.39, 0.29) is 16.3 Å². The lowest BCUT2D eigenvalue weighted by Crippen LogP contribution is -2.47. The number of piperazine rings is 1. The summed E-state index contributed by atoms with van der Waals surface area (Å²) < 4.78 is 54.7. The van der Waals surface area contributed by atoms with Gasteiger partial charge >= 0.3 is 6.18 Å². The fraction of sp³-hybridized carbons (Fsp3) is 0.391. The molecule has 0 amide bonds. The number of aromatic amines is 1. The molecule has 0 atom stereocenters. The second-order valence-corrected chi connectivity index (χ2v) is 9.74. The average Bonchev–Trinajstić information content (AvgIpc) is 2.82. The zero-order chi connectivity index (χ0) is 27.9. The number of alkyl halides is 3. The van der Waals surface area contributed by atoms with E-state index in [4.69, 9.17) is 35.6 Å². The number of phosphoric acid groups is 1. The molecule has 38 heavy (non-hydrogen) atoms. The third kappa shape index (κ3) is 9.26. The van der Waals surface area contributed by atoms with Crippen molar-refractivity contribution in [1.82, 2.24) is 14.9 Å². The highest BCUT2D eigenvalue weighted by molar-refractivity contribution is 7.42. The van der Waals surface area contributed by atoms with E-state index in [1.54, 1.807) is 23.1 Å². The summed E-state index contributed by atoms with van der Waals surface area (Å²) in [6.45, 7) is 3.73. The Bertz CT molecular complexity index is 1320.